The Morgan fingerprint density at radius 2 is 1.69 bits per heavy atom. The molecular formula is C28H40N4O3. The lowest BCUT2D eigenvalue weighted by Crippen LogP contribution is -2.48. The maximum absolute atomic E-state index is 12.8. The summed E-state index contributed by atoms with van der Waals surface area (Å²) in [5.41, 5.74) is 1.51. The van der Waals surface area contributed by atoms with Crippen molar-refractivity contribution < 1.29 is 14.3 Å². The molecule has 0 aromatic heterocycles. The zero-order valence-electron chi connectivity index (χ0n) is 21.2. The molecule has 35 heavy (non-hydrogen) atoms. The van der Waals surface area contributed by atoms with Crippen molar-refractivity contribution in [3.8, 4) is 5.75 Å². The summed E-state index contributed by atoms with van der Waals surface area (Å²) < 4.78 is 5.93. The number of nitrogens with zero attached hydrogens (tertiary/aromatic N) is 2. The number of likely N-dealkylation sites (N-methyl/N-ethyl adjacent to an activating group) is 1. The molecule has 0 radical (unpaired) electrons. The van der Waals surface area contributed by atoms with Gasteiger partial charge < -0.3 is 25.2 Å². The van der Waals surface area contributed by atoms with Crippen LogP contribution in [0, 0.1) is 0 Å². The van der Waals surface area contributed by atoms with E-state index in [0.29, 0.717) is 25.1 Å². The third-order valence-corrected chi connectivity index (χ3v) is 6.33. The minimum absolute atomic E-state index is 0.160. The molecule has 3 rings (SSSR count). The summed E-state index contributed by atoms with van der Waals surface area (Å²) in [7, 11) is 2.17. The Balaban J connectivity index is 1.50. The molecule has 190 valence electrons. The van der Waals surface area contributed by atoms with E-state index in [1.165, 1.54) is 0 Å². The summed E-state index contributed by atoms with van der Waals surface area (Å²) in [6, 6.07) is 16.2. The van der Waals surface area contributed by atoms with E-state index < -0.39 is 6.04 Å². The van der Waals surface area contributed by atoms with Crippen molar-refractivity contribution in [3.05, 3.63) is 65.7 Å². The van der Waals surface area contributed by atoms with E-state index in [2.05, 4.69) is 34.4 Å². The number of ether oxygens (including phenoxy) is 1. The van der Waals surface area contributed by atoms with Crippen LogP contribution in [-0.4, -0.2) is 80.6 Å². The van der Waals surface area contributed by atoms with Crippen molar-refractivity contribution >= 4 is 11.8 Å². The van der Waals surface area contributed by atoms with Gasteiger partial charge in [0.05, 0.1) is 6.61 Å². The molecule has 7 heteroatoms. The van der Waals surface area contributed by atoms with Crippen LogP contribution in [0.5, 0.6) is 5.75 Å². The highest BCUT2D eigenvalue weighted by Crippen LogP contribution is 2.15. The van der Waals surface area contributed by atoms with Gasteiger partial charge in [-0.15, -0.1) is 0 Å². The van der Waals surface area contributed by atoms with Crippen LogP contribution in [0.25, 0.3) is 0 Å². The molecule has 2 aromatic rings. The quantitative estimate of drug-likeness (QED) is 0.431. The zero-order chi connectivity index (χ0) is 24.9. The molecule has 1 aliphatic rings. The van der Waals surface area contributed by atoms with Crippen LogP contribution in [0.15, 0.2) is 54.6 Å². The van der Waals surface area contributed by atoms with E-state index in [0.717, 1.165) is 63.3 Å². The van der Waals surface area contributed by atoms with Crippen molar-refractivity contribution in [3.63, 3.8) is 0 Å². The number of rotatable bonds is 13. The lowest BCUT2D eigenvalue weighted by atomic mass is 10.0. The third kappa shape index (κ3) is 9.34. The first-order chi connectivity index (χ1) is 17.0. The lowest BCUT2D eigenvalue weighted by Gasteiger charge is -2.32. The van der Waals surface area contributed by atoms with Gasteiger partial charge in [-0.3, -0.25) is 9.59 Å². The fourth-order valence-corrected chi connectivity index (χ4v) is 4.06. The first-order valence-corrected chi connectivity index (χ1v) is 12.8. The van der Waals surface area contributed by atoms with Crippen LogP contribution in [-0.2, 0) is 11.2 Å². The van der Waals surface area contributed by atoms with Crippen LogP contribution in [0.4, 0.5) is 0 Å². The molecule has 7 nitrogen and oxygen atoms in total. The molecule has 0 aliphatic carbocycles. The molecule has 1 fully saturated rings. The molecular weight excluding hydrogens is 440 g/mol. The van der Waals surface area contributed by atoms with Crippen LogP contribution in [0.2, 0.25) is 0 Å². The van der Waals surface area contributed by atoms with Crippen molar-refractivity contribution in [2.24, 2.45) is 0 Å². The van der Waals surface area contributed by atoms with Gasteiger partial charge in [-0.25, -0.2) is 0 Å². The van der Waals surface area contributed by atoms with Gasteiger partial charge in [0.15, 0.2) is 0 Å². The molecule has 0 unspecified atom stereocenters. The maximum Gasteiger partial charge on any atom is 0.251 e. The van der Waals surface area contributed by atoms with Crippen LogP contribution in [0.1, 0.15) is 42.1 Å². The minimum atomic E-state index is -0.644. The Morgan fingerprint density at radius 1 is 0.971 bits per heavy atom. The monoisotopic (exact) mass is 480 g/mol. The molecule has 0 bridgehead atoms. The summed E-state index contributed by atoms with van der Waals surface area (Å²) in [6.45, 7) is 8.93. The van der Waals surface area contributed by atoms with Gasteiger partial charge in [0.25, 0.3) is 5.91 Å². The van der Waals surface area contributed by atoms with Crippen LogP contribution in [0.3, 0.4) is 0 Å². The highest BCUT2D eigenvalue weighted by Gasteiger charge is 2.21. The molecule has 2 N–H and O–H groups in total. The second kappa shape index (κ2) is 14.5. The number of carbonyl (C=O) groups excluding carboxylic acids is 2. The highest BCUT2D eigenvalue weighted by molar-refractivity contribution is 5.97. The summed E-state index contributed by atoms with van der Waals surface area (Å²) in [4.78, 5) is 30.4. The van der Waals surface area contributed by atoms with E-state index in [9.17, 15) is 9.59 Å². The van der Waals surface area contributed by atoms with Crippen molar-refractivity contribution in [1.82, 2.24) is 20.4 Å². The number of hydrogen-bond donors (Lipinski definition) is 2. The average Bonchev–Trinajstić information content (AvgIpc) is 2.88. The van der Waals surface area contributed by atoms with Gasteiger partial charge in [-0.2, -0.15) is 0 Å². The van der Waals surface area contributed by atoms with Crippen molar-refractivity contribution in [2.45, 2.75) is 38.6 Å². The molecule has 2 amide bonds. The highest BCUT2D eigenvalue weighted by atomic mass is 16.5. The van der Waals surface area contributed by atoms with Gasteiger partial charge in [-0.05, 0) is 49.7 Å². The lowest BCUT2D eigenvalue weighted by molar-refractivity contribution is -0.122. The summed E-state index contributed by atoms with van der Waals surface area (Å²) in [5.74, 6) is 0.415. The predicted octanol–water partition coefficient (Wildman–Crippen LogP) is 2.96. The molecule has 0 saturated carbocycles. The van der Waals surface area contributed by atoms with E-state index in [1.54, 1.807) is 12.1 Å². The Morgan fingerprint density at radius 3 is 2.37 bits per heavy atom. The molecule has 2 aromatic carbocycles. The van der Waals surface area contributed by atoms with Gasteiger partial charge in [0, 0.05) is 51.3 Å². The number of unbranched alkanes of at least 4 members (excludes halogenated alkanes) is 1. The van der Waals surface area contributed by atoms with E-state index >= 15 is 0 Å². The number of hydrogen-bond acceptors (Lipinski definition) is 5. The van der Waals surface area contributed by atoms with E-state index in [-0.39, 0.29) is 11.8 Å². The second-order valence-electron chi connectivity index (χ2n) is 9.23. The normalized spacial score (nSPS) is 15.4. The summed E-state index contributed by atoms with van der Waals surface area (Å²) in [5, 5.41) is 5.86. The molecule has 1 atom stereocenters. The first kappa shape index (κ1) is 26.7. The number of nitrogens with one attached hydrogen (secondary N) is 2. The number of carbonyl (C=O) groups is 2. The zero-order valence-corrected chi connectivity index (χ0v) is 21.2. The molecule has 1 aliphatic heterocycles. The fraction of sp³-hybridized carbons (Fsp3) is 0.500. The second-order valence-corrected chi connectivity index (χ2v) is 9.23. The van der Waals surface area contributed by atoms with Crippen LogP contribution >= 0.6 is 0 Å². The predicted molar refractivity (Wildman–Crippen MR) is 140 cm³/mol. The SMILES string of the molecule is CCCCNC(=O)[C@H](Cc1ccc(OCCCN2CCN(C)CC2)cc1)NC(=O)c1ccccc1. The third-order valence-electron chi connectivity index (χ3n) is 6.33. The van der Waals surface area contributed by atoms with Crippen molar-refractivity contribution in [1.29, 1.82) is 0 Å². The van der Waals surface area contributed by atoms with Gasteiger partial charge in [-0.1, -0.05) is 43.7 Å². The van der Waals surface area contributed by atoms with Gasteiger partial charge in [0.1, 0.15) is 11.8 Å². The smallest absolute Gasteiger partial charge is 0.251 e. The van der Waals surface area contributed by atoms with Gasteiger partial charge in [0.2, 0.25) is 5.91 Å². The topological polar surface area (TPSA) is 73.9 Å². The Bertz CT molecular complexity index is 896. The standard InChI is InChI=1S/C28H40N4O3/c1-3-4-15-29-28(34)26(30-27(33)24-9-6-5-7-10-24)22-23-11-13-25(14-12-23)35-21-8-16-32-19-17-31(2)18-20-32/h5-7,9-14,26H,3-4,8,15-22H2,1-2H3,(H,29,34)(H,30,33)/t26-/m0/s1. The number of benzene rings is 2. The number of amides is 2. The number of piperazine rings is 1. The Kier molecular flexibility index (Phi) is 11.1. The maximum atomic E-state index is 12.8. The summed E-state index contributed by atoms with van der Waals surface area (Å²) in [6.07, 6.45) is 3.32. The molecule has 0 spiro atoms. The van der Waals surface area contributed by atoms with Gasteiger partial charge >= 0.3 is 0 Å². The van der Waals surface area contributed by atoms with E-state index in [1.807, 2.05) is 42.5 Å². The fourth-order valence-electron chi connectivity index (χ4n) is 4.06. The first-order valence-electron chi connectivity index (χ1n) is 12.8. The Labute approximate surface area is 209 Å². The average molecular weight is 481 g/mol. The largest absolute Gasteiger partial charge is 0.494 e. The molecule has 1 heterocycles. The van der Waals surface area contributed by atoms with Crippen LogP contribution < -0.4 is 15.4 Å². The Hall–Kier alpha value is -2.90. The minimum Gasteiger partial charge on any atom is -0.494 e. The molecule has 1 saturated heterocycles. The van der Waals surface area contributed by atoms with E-state index in [4.69, 9.17) is 4.74 Å². The van der Waals surface area contributed by atoms with Crippen molar-refractivity contribution in [2.75, 3.05) is 52.9 Å². The summed E-state index contributed by atoms with van der Waals surface area (Å²) >= 11 is 0.